The van der Waals surface area contributed by atoms with E-state index in [0.717, 1.165) is 53.1 Å². The van der Waals surface area contributed by atoms with Crippen LogP contribution in [0.5, 0.6) is 0 Å². The lowest BCUT2D eigenvalue weighted by Crippen LogP contribution is -2.64. The Morgan fingerprint density at radius 1 is 0.837 bits per heavy atom. The number of carbonyl (C=O) groups excluding carboxylic acids is 5. The maximum Gasteiger partial charge on any atom is 0.339 e. The van der Waals surface area contributed by atoms with Gasteiger partial charge in [0.15, 0.2) is 30.7 Å². The van der Waals surface area contributed by atoms with Gasteiger partial charge in [-0.2, -0.15) is 0 Å². The minimum atomic E-state index is -1.48. The quantitative estimate of drug-likeness (QED) is 0.249. The summed E-state index contributed by atoms with van der Waals surface area (Å²) in [5.41, 5.74) is 1.12. The van der Waals surface area contributed by atoms with E-state index in [0.29, 0.717) is 42.8 Å². The van der Waals surface area contributed by atoms with Crippen LogP contribution < -0.4 is 0 Å². The molecule has 5 rings (SSSR count). The van der Waals surface area contributed by atoms with Crippen molar-refractivity contribution in [1.29, 1.82) is 0 Å². The number of allylic oxidation sites excluding steroid dienone is 1. The van der Waals surface area contributed by atoms with Crippen LogP contribution in [0.4, 0.5) is 0 Å². The van der Waals surface area contributed by atoms with Crippen molar-refractivity contribution in [3.05, 3.63) is 11.6 Å². The molecule has 0 aromatic rings. The van der Waals surface area contributed by atoms with Crippen LogP contribution in [0.1, 0.15) is 86.0 Å². The van der Waals surface area contributed by atoms with Crippen molar-refractivity contribution in [3.8, 4) is 0 Å². The van der Waals surface area contributed by atoms with E-state index in [1.165, 1.54) is 12.5 Å². The molecule has 1 saturated heterocycles. The van der Waals surface area contributed by atoms with Crippen LogP contribution >= 0.6 is 0 Å². The van der Waals surface area contributed by atoms with E-state index >= 15 is 0 Å². The fourth-order valence-electron chi connectivity index (χ4n) is 8.89. The highest BCUT2D eigenvalue weighted by Gasteiger charge is 2.60. The molecule has 0 bridgehead atoms. The van der Waals surface area contributed by atoms with Gasteiger partial charge >= 0.3 is 23.9 Å². The number of Topliss-reactive ketones (excluding diaryl/α,β-unsaturated/α-hetero) is 1. The predicted octanol–water partition coefficient (Wildman–Crippen LogP) is 3.60. The molecule has 8 unspecified atom stereocenters. The second-order valence-corrected chi connectivity index (χ2v) is 13.3. The fraction of sp³-hybridized carbons (Fsp3) is 0.781. The molecule has 1 aliphatic heterocycles. The van der Waals surface area contributed by atoms with Gasteiger partial charge < -0.3 is 28.4 Å². The average molecular weight is 605 g/mol. The summed E-state index contributed by atoms with van der Waals surface area (Å²) in [5.74, 6) is -1.17. The van der Waals surface area contributed by atoms with Crippen molar-refractivity contribution in [2.45, 2.75) is 123 Å². The first-order valence-corrected chi connectivity index (χ1v) is 15.4. The summed E-state index contributed by atoms with van der Waals surface area (Å²) >= 11 is 0. The molecule has 11 atom stereocenters. The molecule has 0 aromatic heterocycles. The SMILES string of the molecule is COC(=O)C1OC(O[C@H]2CC[C@@]3(C)C(=CCC4C3CC[C@]3(C)C(=O)CCC43)C2)C(OC(C)=O)C(OC(C)=O)C1OC(C)=O. The molecule has 4 fully saturated rings. The maximum absolute atomic E-state index is 12.8. The molecule has 4 aliphatic carbocycles. The number of methoxy groups -OCH3 is 1. The Hall–Kier alpha value is -2.79. The van der Waals surface area contributed by atoms with E-state index in [9.17, 15) is 24.0 Å². The predicted molar refractivity (Wildman–Crippen MR) is 149 cm³/mol. The zero-order valence-corrected chi connectivity index (χ0v) is 25.9. The lowest BCUT2D eigenvalue weighted by atomic mass is 9.48. The third kappa shape index (κ3) is 5.75. The van der Waals surface area contributed by atoms with Crippen molar-refractivity contribution < 1.29 is 52.4 Å². The summed E-state index contributed by atoms with van der Waals surface area (Å²) < 4.78 is 33.7. The Morgan fingerprint density at radius 3 is 2.09 bits per heavy atom. The van der Waals surface area contributed by atoms with Gasteiger partial charge in [0.2, 0.25) is 0 Å². The Morgan fingerprint density at radius 2 is 1.44 bits per heavy atom. The Labute approximate surface area is 252 Å². The smallest absolute Gasteiger partial charge is 0.339 e. The van der Waals surface area contributed by atoms with Crippen molar-refractivity contribution in [2.24, 2.45) is 28.6 Å². The first-order chi connectivity index (χ1) is 20.3. The summed E-state index contributed by atoms with van der Waals surface area (Å²) in [5, 5.41) is 0. The second-order valence-electron chi connectivity index (χ2n) is 13.3. The third-order valence-electron chi connectivity index (χ3n) is 10.9. The maximum atomic E-state index is 12.8. The van der Waals surface area contributed by atoms with Gasteiger partial charge in [0.05, 0.1) is 13.2 Å². The molecular weight excluding hydrogens is 560 g/mol. The summed E-state index contributed by atoms with van der Waals surface area (Å²) in [6.45, 7) is 8.01. The van der Waals surface area contributed by atoms with E-state index < -0.39 is 54.6 Å². The highest BCUT2D eigenvalue weighted by atomic mass is 16.7. The molecule has 0 amide bonds. The largest absolute Gasteiger partial charge is 0.467 e. The van der Waals surface area contributed by atoms with E-state index in [-0.39, 0.29) is 16.9 Å². The van der Waals surface area contributed by atoms with Gasteiger partial charge in [-0.05, 0) is 68.1 Å². The Kier molecular flexibility index (Phi) is 8.79. The minimum Gasteiger partial charge on any atom is -0.467 e. The molecule has 11 heteroatoms. The van der Waals surface area contributed by atoms with Crippen molar-refractivity contribution >= 4 is 29.7 Å². The third-order valence-corrected chi connectivity index (χ3v) is 10.9. The van der Waals surface area contributed by atoms with Crippen molar-refractivity contribution in [1.82, 2.24) is 0 Å². The average Bonchev–Trinajstić information content (AvgIpc) is 3.24. The van der Waals surface area contributed by atoms with Gasteiger partial charge in [-0.25, -0.2) is 4.79 Å². The van der Waals surface area contributed by atoms with E-state index in [1.54, 1.807) is 0 Å². The summed E-state index contributed by atoms with van der Waals surface area (Å²) in [7, 11) is 1.16. The number of carbonyl (C=O) groups is 5. The molecule has 43 heavy (non-hydrogen) atoms. The summed E-state index contributed by atoms with van der Waals surface area (Å²) in [6, 6.07) is 0. The molecule has 3 saturated carbocycles. The van der Waals surface area contributed by atoms with Crippen LogP contribution in [-0.2, 0) is 52.4 Å². The molecule has 5 aliphatic rings. The molecule has 0 aromatic carbocycles. The number of ether oxygens (including phenoxy) is 6. The van der Waals surface area contributed by atoms with Gasteiger partial charge in [0.1, 0.15) is 5.78 Å². The lowest BCUT2D eigenvalue weighted by molar-refractivity contribution is -0.312. The number of hydrogen-bond donors (Lipinski definition) is 0. The van der Waals surface area contributed by atoms with Gasteiger partial charge in [-0.15, -0.1) is 0 Å². The van der Waals surface area contributed by atoms with Crippen LogP contribution in [0, 0.1) is 28.6 Å². The van der Waals surface area contributed by atoms with Gasteiger partial charge in [0.25, 0.3) is 0 Å². The Balaban J connectivity index is 1.38. The standard InChI is InChI=1S/C32H44O11/c1-16(33)39-25-26(40-17(2)34)28(41-18(3)35)30(43-27(25)29(37)38-6)42-20-11-13-31(4)19(15-20)7-8-21-22-9-10-24(36)32(22,5)14-12-23(21)31/h7,20-23,25-28,30H,8-15H2,1-6H3/t20-,21?,22?,23?,25?,26?,27?,28?,30?,31-,32-/m0/s1. The van der Waals surface area contributed by atoms with Gasteiger partial charge in [0, 0.05) is 32.6 Å². The zero-order chi connectivity index (χ0) is 31.3. The first kappa shape index (κ1) is 31.6. The molecule has 0 spiro atoms. The molecular formula is C32H44O11. The number of fused-ring (bicyclic) bond motifs is 5. The Bertz CT molecular complexity index is 1190. The van der Waals surface area contributed by atoms with Gasteiger partial charge in [-0.1, -0.05) is 25.5 Å². The second kappa shape index (κ2) is 12.0. The minimum absolute atomic E-state index is 0.00625. The number of esters is 4. The van der Waals surface area contributed by atoms with Crippen LogP contribution in [-0.4, -0.2) is 73.6 Å². The number of hydrogen-bond acceptors (Lipinski definition) is 11. The highest BCUT2D eigenvalue weighted by Crippen LogP contribution is 2.64. The van der Waals surface area contributed by atoms with E-state index in [1.807, 2.05) is 0 Å². The molecule has 11 nitrogen and oxygen atoms in total. The number of rotatable bonds is 6. The van der Waals surface area contributed by atoms with E-state index in [4.69, 9.17) is 28.4 Å². The summed E-state index contributed by atoms with van der Waals surface area (Å²) in [6.07, 6.45) is 1.91. The van der Waals surface area contributed by atoms with E-state index in [2.05, 4.69) is 19.9 Å². The fourth-order valence-corrected chi connectivity index (χ4v) is 8.89. The number of ketones is 1. The van der Waals surface area contributed by atoms with Crippen molar-refractivity contribution in [3.63, 3.8) is 0 Å². The lowest BCUT2D eigenvalue weighted by Gasteiger charge is -2.57. The van der Waals surface area contributed by atoms with Crippen LogP contribution in [0.25, 0.3) is 0 Å². The monoisotopic (exact) mass is 604 g/mol. The molecule has 0 N–H and O–H groups in total. The topological polar surface area (TPSA) is 141 Å². The first-order valence-electron chi connectivity index (χ1n) is 15.4. The van der Waals surface area contributed by atoms with Crippen LogP contribution in [0.15, 0.2) is 11.6 Å². The van der Waals surface area contributed by atoms with Crippen LogP contribution in [0.2, 0.25) is 0 Å². The van der Waals surface area contributed by atoms with Crippen LogP contribution in [0.3, 0.4) is 0 Å². The molecule has 238 valence electrons. The summed E-state index contributed by atoms with van der Waals surface area (Å²) in [4.78, 5) is 61.8. The zero-order valence-electron chi connectivity index (χ0n) is 25.9. The van der Waals surface area contributed by atoms with Gasteiger partial charge in [-0.3, -0.25) is 19.2 Å². The highest BCUT2D eigenvalue weighted by molar-refractivity contribution is 5.87. The van der Waals surface area contributed by atoms with Crippen molar-refractivity contribution in [2.75, 3.05) is 7.11 Å². The molecule has 0 radical (unpaired) electrons. The molecule has 1 heterocycles. The normalized spacial score (nSPS) is 42.0.